The molecule has 1 unspecified atom stereocenters. The summed E-state index contributed by atoms with van der Waals surface area (Å²) in [6.45, 7) is 10.2. The number of aromatic nitrogens is 2. The summed E-state index contributed by atoms with van der Waals surface area (Å²) in [5.41, 5.74) is 3.63. The Morgan fingerprint density at radius 3 is 2.57 bits per heavy atom. The molecule has 1 aromatic carbocycles. The second-order valence-electron chi connectivity index (χ2n) is 5.90. The maximum Gasteiger partial charge on any atom is 0.254 e. The highest BCUT2D eigenvalue weighted by Gasteiger charge is 2.18. The molecule has 1 amide bonds. The van der Waals surface area contributed by atoms with Crippen LogP contribution in [0.3, 0.4) is 0 Å². The predicted octanol–water partition coefficient (Wildman–Crippen LogP) is 3.26. The summed E-state index contributed by atoms with van der Waals surface area (Å²) in [4.78, 5) is 12.3. The van der Waals surface area contributed by atoms with Crippen LogP contribution in [0.25, 0.3) is 5.69 Å². The first kappa shape index (κ1) is 15.3. The van der Waals surface area contributed by atoms with E-state index in [9.17, 15) is 4.79 Å². The van der Waals surface area contributed by atoms with Gasteiger partial charge in [-0.15, -0.1) is 0 Å². The highest BCUT2D eigenvalue weighted by Crippen LogP contribution is 2.15. The standard InChI is InChI=1S/C17H23N3O/c1-11(2)13(4)19-17(21)16-10-18-20(14(16)5)15-8-6-7-12(3)9-15/h6-11,13H,1-5H3,(H,19,21). The van der Waals surface area contributed by atoms with Crippen LogP contribution in [-0.2, 0) is 0 Å². The number of carbonyl (C=O) groups excluding carboxylic acids is 1. The van der Waals surface area contributed by atoms with Gasteiger partial charge in [0.25, 0.3) is 5.91 Å². The quantitative estimate of drug-likeness (QED) is 0.937. The van der Waals surface area contributed by atoms with Crippen LogP contribution >= 0.6 is 0 Å². The average Bonchev–Trinajstić information content (AvgIpc) is 2.80. The predicted molar refractivity (Wildman–Crippen MR) is 84.8 cm³/mol. The van der Waals surface area contributed by atoms with Crippen molar-refractivity contribution in [3.05, 3.63) is 47.3 Å². The number of benzene rings is 1. The summed E-state index contributed by atoms with van der Waals surface area (Å²) in [5, 5.41) is 7.38. The fourth-order valence-electron chi connectivity index (χ4n) is 2.10. The fraction of sp³-hybridized carbons (Fsp3) is 0.412. The highest BCUT2D eigenvalue weighted by atomic mass is 16.1. The van der Waals surface area contributed by atoms with Gasteiger partial charge in [0, 0.05) is 6.04 Å². The summed E-state index contributed by atoms with van der Waals surface area (Å²) in [6.07, 6.45) is 1.64. The van der Waals surface area contributed by atoms with Crippen LogP contribution in [-0.4, -0.2) is 21.7 Å². The molecular weight excluding hydrogens is 262 g/mol. The minimum atomic E-state index is -0.0624. The van der Waals surface area contributed by atoms with Crippen molar-refractivity contribution in [2.45, 2.75) is 40.7 Å². The average molecular weight is 285 g/mol. The van der Waals surface area contributed by atoms with E-state index in [1.807, 2.05) is 43.7 Å². The maximum absolute atomic E-state index is 12.3. The second-order valence-corrected chi connectivity index (χ2v) is 5.90. The van der Waals surface area contributed by atoms with Crippen LogP contribution in [0.1, 0.15) is 42.4 Å². The molecule has 0 aliphatic heterocycles. The van der Waals surface area contributed by atoms with Crippen molar-refractivity contribution in [1.82, 2.24) is 15.1 Å². The number of amides is 1. The normalized spacial score (nSPS) is 12.5. The van der Waals surface area contributed by atoms with Gasteiger partial charge < -0.3 is 5.32 Å². The minimum Gasteiger partial charge on any atom is -0.349 e. The molecule has 1 atom stereocenters. The zero-order valence-corrected chi connectivity index (χ0v) is 13.3. The molecule has 4 nitrogen and oxygen atoms in total. The Labute approximate surface area is 126 Å². The summed E-state index contributed by atoms with van der Waals surface area (Å²) in [6, 6.07) is 8.22. The molecule has 0 bridgehead atoms. The molecule has 112 valence electrons. The van der Waals surface area contributed by atoms with Gasteiger partial charge in [0.1, 0.15) is 0 Å². The molecule has 0 aliphatic rings. The molecule has 2 aromatic rings. The molecule has 1 aromatic heterocycles. The van der Waals surface area contributed by atoms with Crippen LogP contribution in [0, 0.1) is 19.8 Å². The summed E-state index contributed by atoms with van der Waals surface area (Å²) in [5.74, 6) is 0.341. The van der Waals surface area contributed by atoms with Crippen LogP contribution in [0.4, 0.5) is 0 Å². The Kier molecular flexibility index (Phi) is 4.46. The lowest BCUT2D eigenvalue weighted by molar-refractivity contribution is 0.0930. The molecule has 0 saturated carbocycles. The molecule has 0 spiro atoms. The first-order valence-electron chi connectivity index (χ1n) is 7.32. The van der Waals surface area contributed by atoms with Gasteiger partial charge in [0.15, 0.2) is 0 Å². The van der Waals surface area contributed by atoms with E-state index in [1.165, 1.54) is 5.56 Å². The van der Waals surface area contributed by atoms with E-state index >= 15 is 0 Å². The summed E-state index contributed by atoms with van der Waals surface area (Å²) in [7, 11) is 0. The monoisotopic (exact) mass is 285 g/mol. The number of nitrogens with one attached hydrogen (secondary N) is 1. The molecule has 1 heterocycles. The van der Waals surface area contributed by atoms with Crippen molar-refractivity contribution in [3.8, 4) is 5.69 Å². The van der Waals surface area contributed by atoms with Crippen LogP contribution in [0.2, 0.25) is 0 Å². The third kappa shape index (κ3) is 3.32. The highest BCUT2D eigenvalue weighted by molar-refractivity contribution is 5.95. The summed E-state index contributed by atoms with van der Waals surface area (Å²) < 4.78 is 1.81. The number of hydrogen-bond acceptors (Lipinski definition) is 2. The summed E-state index contributed by atoms with van der Waals surface area (Å²) >= 11 is 0. The van der Waals surface area contributed by atoms with Gasteiger partial charge in [-0.3, -0.25) is 4.79 Å². The van der Waals surface area contributed by atoms with Crippen molar-refractivity contribution >= 4 is 5.91 Å². The van der Waals surface area contributed by atoms with Crippen molar-refractivity contribution in [2.24, 2.45) is 5.92 Å². The Bertz CT molecular complexity index is 643. The maximum atomic E-state index is 12.3. The molecule has 4 heteroatoms. The molecular formula is C17H23N3O. The van der Waals surface area contributed by atoms with Crippen LogP contribution in [0.15, 0.2) is 30.5 Å². The van der Waals surface area contributed by atoms with Crippen molar-refractivity contribution in [2.75, 3.05) is 0 Å². The van der Waals surface area contributed by atoms with Crippen molar-refractivity contribution < 1.29 is 4.79 Å². The molecule has 0 fully saturated rings. The Balaban J connectivity index is 2.27. The van der Waals surface area contributed by atoms with Crippen molar-refractivity contribution in [3.63, 3.8) is 0 Å². The van der Waals surface area contributed by atoms with E-state index in [4.69, 9.17) is 0 Å². The molecule has 21 heavy (non-hydrogen) atoms. The number of rotatable bonds is 4. The first-order chi connectivity index (χ1) is 9.90. The lowest BCUT2D eigenvalue weighted by Gasteiger charge is -2.17. The number of aryl methyl sites for hydroxylation is 1. The first-order valence-corrected chi connectivity index (χ1v) is 7.32. The van der Waals surface area contributed by atoms with E-state index in [0.717, 1.165) is 11.4 Å². The zero-order chi connectivity index (χ0) is 15.6. The fourth-order valence-corrected chi connectivity index (χ4v) is 2.10. The van der Waals surface area contributed by atoms with Gasteiger partial charge in [-0.1, -0.05) is 26.0 Å². The smallest absolute Gasteiger partial charge is 0.254 e. The van der Waals surface area contributed by atoms with Gasteiger partial charge in [-0.25, -0.2) is 4.68 Å². The molecule has 0 aliphatic carbocycles. The molecule has 0 radical (unpaired) electrons. The minimum absolute atomic E-state index is 0.0624. The lowest BCUT2D eigenvalue weighted by Crippen LogP contribution is -2.36. The van der Waals surface area contributed by atoms with Crippen LogP contribution in [0.5, 0.6) is 0 Å². The number of nitrogens with zero attached hydrogens (tertiary/aromatic N) is 2. The SMILES string of the molecule is Cc1cccc(-n2ncc(C(=O)NC(C)C(C)C)c2C)c1. The third-order valence-electron chi connectivity index (χ3n) is 3.86. The van der Waals surface area contributed by atoms with Gasteiger partial charge in [0.05, 0.1) is 23.1 Å². The Morgan fingerprint density at radius 2 is 1.95 bits per heavy atom. The lowest BCUT2D eigenvalue weighted by atomic mass is 10.1. The molecule has 1 N–H and O–H groups in total. The number of carbonyl (C=O) groups is 1. The van der Waals surface area contributed by atoms with Crippen molar-refractivity contribution in [1.29, 1.82) is 0 Å². The van der Waals surface area contributed by atoms with E-state index in [-0.39, 0.29) is 11.9 Å². The third-order valence-corrected chi connectivity index (χ3v) is 3.86. The van der Waals surface area contributed by atoms with Gasteiger partial charge in [-0.2, -0.15) is 5.10 Å². The van der Waals surface area contributed by atoms with Gasteiger partial charge >= 0.3 is 0 Å². The topological polar surface area (TPSA) is 46.9 Å². The van der Waals surface area contributed by atoms with E-state index in [1.54, 1.807) is 6.20 Å². The van der Waals surface area contributed by atoms with Crippen LogP contribution < -0.4 is 5.32 Å². The van der Waals surface area contributed by atoms with E-state index in [2.05, 4.69) is 30.3 Å². The van der Waals surface area contributed by atoms with Gasteiger partial charge in [0.2, 0.25) is 0 Å². The largest absolute Gasteiger partial charge is 0.349 e. The second kappa shape index (κ2) is 6.12. The Hall–Kier alpha value is -2.10. The Morgan fingerprint density at radius 1 is 1.24 bits per heavy atom. The van der Waals surface area contributed by atoms with E-state index < -0.39 is 0 Å². The number of hydrogen-bond donors (Lipinski definition) is 1. The molecule has 2 rings (SSSR count). The van der Waals surface area contributed by atoms with Gasteiger partial charge in [-0.05, 0) is 44.4 Å². The molecule has 0 saturated heterocycles. The zero-order valence-electron chi connectivity index (χ0n) is 13.3. The van der Waals surface area contributed by atoms with E-state index in [0.29, 0.717) is 11.5 Å².